The van der Waals surface area contributed by atoms with E-state index < -0.39 is 17.6 Å². The van der Waals surface area contributed by atoms with E-state index in [1.165, 1.54) is 12.5 Å². The zero-order valence-electron chi connectivity index (χ0n) is 9.51. The molecule has 0 fully saturated rings. The van der Waals surface area contributed by atoms with E-state index in [-0.39, 0.29) is 21.9 Å². The molecular weight excluding hydrogens is 274 g/mol. The summed E-state index contributed by atoms with van der Waals surface area (Å²) in [6.07, 6.45) is 2.39. The monoisotopic (exact) mass is 282 g/mol. The molecule has 0 aliphatic carbocycles. The molecule has 1 heterocycles. The summed E-state index contributed by atoms with van der Waals surface area (Å²) < 4.78 is 26.4. The molecule has 0 radical (unpaired) electrons. The van der Waals surface area contributed by atoms with Crippen LogP contribution in [0, 0.1) is 11.6 Å². The molecule has 0 bridgehead atoms. The molecule has 7 heteroatoms. The number of benzene rings is 1. The molecule has 1 N–H and O–H groups in total. The number of carbonyl (C=O) groups is 1. The molecule has 0 aliphatic rings. The Morgan fingerprint density at radius 1 is 1.37 bits per heavy atom. The molecule has 1 aromatic carbocycles. The number of thioether (sulfide) groups is 1. The van der Waals surface area contributed by atoms with Crippen LogP contribution in [0.15, 0.2) is 35.6 Å². The van der Waals surface area contributed by atoms with Crippen molar-refractivity contribution in [2.45, 2.75) is 10.6 Å². The van der Waals surface area contributed by atoms with Crippen LogP contribution in [0.1, 0.15) is 16.1 Å². The van der Waals surface area contributed by atoms with Crippen LogP contribution in [0.5, 0.6) is 0 Å². The van der Waals surface area contributed by atoms with Crippen molar-refractivity contribution in [3.05, 3.63) is 53.6 Å². The number of rotatable bonds is 4. The third-order valence-corrected chi connectivity index (χ3v) is 3.32. The van der Waals surface area contributed by atoms with Crippen LogP contribution in [-0.4, -0.2) is 21.0 Å². The van der Waals surface area contributed by atoms with Gasteiger partial charge in [0.2, 0.25) is 0 Å². The van der Waals surface area contributed by atoms with E-state index in [0.717, 1.165) is 30.0 Å². The van der Waals surface area contributed by atoms with Crippen molar-refractivity contribution in [1.82, 2.24) is 9.97 Å². The minimum atomic E-state index is -1.16. The number of nitrogens with zero attached hydrogens (tertiary/aromatic N) is 2. The fourth-order valence-electron chi connectivity index (χ4n) is 1.38. The average molecular weight is 282 g/mol. The molecule has 0 saturated heterocycles. The summed E-state index contributed by atoms with van der Waals surface area (Å²) in [5, 5.41) is 8.94. The summed E-state index contributed by atoms with van der Waals surface area (Å²) in [6, 6.07) is 3.10. The standard InChI is InChI=1S/C12H8F2N2O2S/c13-7-1-2-9(14)11(3-7)19-5-10-8(12(17)18)4-15-6-16-10/h1-4,6H,5H2,(H,17,18). The predicted molar refractivity (Wildman–Crippen MR) is 64.9 cm³/mol. The molecule has 0 saturated carbocycles. The fourth-order valence-corrected chi connectivity index (χ4v) is 2.31. The number of halogens is 2. The topological polar surface area (TPSA) is 63.1 Å². The Balaban J connectivity index is 2.19. The summed E-state index contributed by atoms with van der Waals surface area (Å²) in [5.41, 5.74) is 0.211. The molecule has 0 aliphatic heterocycles. The van der Waals surface area contributed by atoms with Crippen LogP contribution in [0.3, 0.4) is 0 Å². The van der Waals surface area contributed by atoms with E-state index in [0.29, 0.717) is 0 Å². The lowest BCUT2D eigenvalue weighted by Gasteiger charge is -2.05. The highest BCUT2D eigenvalue weighted by molar-refractivity contribution is 7.98. The lowest BCUT2D eigenvalue weighted by Crippen LogP contribution is -2.04. The molecule has 2 rings (SSSR count). The molecule has 98 valence electrons. The Morgan fingerprint density at radius 3 is 2.89 bits per heavy atom. The zero-order valence-corrected chi connectivity index (χ0v) is 10.3. The van der Waals surface area contributed by atoms with Crippen LogP contribution < -0.4 is 0 Å². The molecular formula is C12H8F2N2O2S. The highest BCUT2D eigenvalue weighted by Crippen LogP contribution is 2.26. The summed E-state index contributed by atoms with van der Waals surface area (Å²) in [4.78, 5) is 18.5. The Morgan fingerprint density at radius 2 is 2.16 bits per heavy atom. The number of carboxylic acids is 1. The smallest absolute Gasteiger partial charge is 0.339 e. The molecule has 0 unspecified atom stereocenters. The van der Waals surface area contributed by atoms with Gasteiger partial charge in [0.05, 0.1) is 5.69 Å². The molecule has 0 atom stereocenters. The largest absolute Gasteiger partial charge is 0.478 e. The van der Waals surface area contributed by atoms with Crippen molar-refractivity contribution in [2.24, 2.45) is 0 Å². The fraction of sp³-hybridized carbons (Fsp3) is 0.0833. The van der Waals surface area contributed by atoms with E-state index in [2.05, 4.69) is 9.97 Å². The van der Waals surface area contributed by atoms with Gasteiger partial charge in [-0.25, -0.2) is 23.5 Å². The van der Waals surface area contributed by atoms with Gasteiger partial charge in [0.1, 0.15) is 23.5 Å². The molecule has 2 aromatic rings. The number of hydrogen-bond acceptors (Lipinski definition) is 4. The third kappa shape index (κ3) is 3.25. The second-order valence-corrected chi connectivity index (χ2v) is 4.57. The first-order chi connectivity index (χ1) is 9.08. The maximum Gasteiger partial charge on any atom is 0.339 e. The van der Waals surface area contributed by atoms with Crippen molar-refractivity contribution < 1.29 is 18.7 Å². The Bertz CT molecular complexity index is 622. The molecule has 0 amide bonds. The summed E-state index contributed by atoms with van der Waals surface area (Å²) in [7, 11) is 0. The predicted octanol–water partition coefficient (Wildman–Crippen LogP) is 2.75. The molecule has 4 nitrogen and oxygen atoms in total. The van der Waals surface area contributed by atoms with E-state index >= 15 is 0 Å². The lowest BCUT2D eigenvalue weighted by atomic mass is 10.2. The van der Waals surface area contributed by atoms with Gasteiger partial charge in [0.25, 0.3) is 0 Å². The summed E-state index contributed by atoms with van der Waals surface area (Å²) >= 11 is 0.977. The second kappa shape index (κ2) is 5.75. The van der Waals surface area contributed by atoms with Crippen molar-refractivity contribution in [2.75, 3.05) is 0 Å². The number of aromatic carboxylic acids is 1. The molecule has 19 heavy (non-hydrogen) atoms. The highest BCUT2D eigenvalue weighted by atomic mass is 32.2. The Labute approximate surface area is 111 Å². The first kappa shape index (κ1) is 13.4. The van der Waals surface area contributed by atoms with Gasteiger partial charge < -0.3 is 5.11 Å². The van der Waals surface area contributed by atoms with E-state index in [1.807, 2.05) is 0 Å². The number of aromatic nitrogens is 2. The maximum atomic E-state index is 13.4. The Kier molecular flexibility index (Phi) is 4.06. The third-order valence-electron chi connectivity index (χ3n) is 2.28. The van der Waals surface area contributed by atoms with Crippen molar-refractivity contribution in [3.63, 3.8) is 0 Å². The number of carboxylic acid groups (broad SMARTS) is 1. The van der Waals surface area contributed by atoms with Crippen LogP contribution in [0.2, 0.25) is 0 Å². The van der Waals surface area contributed by atoms with E-state index in [9.17, 15) is 13.6 Å². The van der Waals surface area contributed by atoms with Crippen molar-refractivity contribution in [3.8, 4) is 0 Å². The Hall–Kier alpha value is -2.02. The maximum absolute atomic E-state index is 13.4. The first-order valence-corrected chi connectivity index (χ1v) is 6.16. The van der Waals surface area contributed by atoms with Gasteiger partial charge in [-0.3, -0.25) is 0 Å². The van der Waals surface area contributed by atoms with Gasteiger partial charge in [-0.1, -0.05) is 0 Å². The number of hydrogen-bond donors (Lipinski definition) is 1. The van der Waals surface area contributed by atoms with Gasteiger partial charge in [0.15, 0.2) is 0 Å². The quantitative estimate of drug-likeness (QED) is 0.874. The molecule has 0 spiro atoms. The van der Waals surface area contributed by atoms with Gasteiger partial charge >= 0.3 is 5.97 Å². The SMILES string of the molecule is O=C(O)c1cncnc1CSc1cc(F)ccc1F. The van der Waals surface area contributed by atoms with Gasteiger partial charge in [-0.15, -0.1) is 11.8 Å². The van der Waals surface area contributed by atoms with Gasteiger partial charge in [-0.05, 0) is 18.2 Å². The van der Waals surface area contributed by atoms with Gasteiger partial charge in [0, 0.05) is 16.8 Å². The second-order valence-electron chi connectivity index (χ2n) is 3.55. The van der Waals surface area contributed by atoms with Crippen LogP contribution in [-0.2, 0) is 5.75 Å². The van der Waals surface area contributed by atoms with Crippen molar-refractivity contribution >= 4 is 17.7 Å². The minimum absolute atomic E-state index is 0.0492. The normalized spacial score (nSPS) is 10.4. The summed E-state index contributed by atoms with van der Waals surface area (Å²) in [5.74, 6) is -2.15. The minimum Gasteiger partial charge on any atom is -0.478 e. The van der Waals surface area contributed by atoms with Crippen LogP contribution in [0.25, 0.3) is 0 Å². The highest BCUT2D eigenvalue weighted by Gasteiger charge is 2.13. The van der Waals surface area contributed by atoms with Crippen LogP contribution >= 0.6 is 11.8 Å². The lowest BCUT2D eigenvalue weighted by molar-refractivity contribution is 0.0695. The van der Waals surface area contributed by atoms with E-state index in [4.69, 9.17) is 5.11 Å². The zero-order chi connectivity index (χ0) is 13.8. The van der Waals surface area contributed by atoms with E-state index in [1.54, 1.807) is 0 Å². The first-order valence-electron chi connectivity index (χ1n) is 5.18. The van der Waals surface area contributed by atoms with Crippen LogP contribution in [0.4, 0.5) is 8.78 Å². The average Bonchev–Trinajstić information content (AvgIpc) is 2.40. The summed E-state index contributed by atoms with van der Waals surface area (Å²) in [6.45, 7) is 0. The van der Waals surface area contributed by atoms with Gasteiger partial charge in [-0.2, -0.15) is 0 Å². The molecule has 1 aromatic heterocycles. The van der Waals surface area contributed by atoms with Crippen molar-refractivity contribution in [1.29, 1.82) is 0 Å².